The molecule has 0 aliphatic rings. The first-order valence-electron chi connectivity index (χ1n) is 11.7. The van der Waals surface area contributed by atoms with E-state index in [1.54, 1.807) is 0 Å². The van der Waals surface area contributed by atoms with Crippen molar-refractivity contribution >= 4 is 12.3 Å². The molecule has 0 aliphatic heterocycles. The molecular weight excluding hydrogens is 600 g/mol. The standard InChI is InChI=1S/C24H18F12N2O2.C2H6/c1-13(9-37(2)10-14-3-16(21(25,26)27)7-17(4-14)22(28,29)30)20(40)38(12-39)11-15-5-18(23(31,32)33)8-19(6-15)24(34,35)36;1-2/h3-9,12H,10-11H2,1-2H3;1-2H3/b13-9-;. The van der Waals surface area contributed by atoms with Crippen LogP contribution >= 0.6 is 0 Å². The van der Waals surface area contributed by atoms with Crippen molar-refractivity contribution in [2.45, 2.75) is 58.6 Å². The molecule has 0 bridgehead atoms. The first-order chi connectivity index (χ1) is 19.0. The zero-order valence-electron chi connectivity index (χ0n) is 22.3. The van der Waals surface area contributed by atoms with Gasteiger partial charge in [0.1, 0.15) is 0 Å². The van der Waals surface area contributed by atoms with Crippen molar-refractivity contribution in [1.29, 1.82) is 0 Å². The van der Waals surface area contributed by atoms with Gasteiger partial charge in [-0.05, 0) is 54.4 Å². The van der Waals surface area contributed by atoms with E-state index in [0.717, 1.165) is 25.1 Å². The Morgan fingerprint density at radius 2 is 0.952 bits per heavy atom. The van der Waals surface area contributed by atoms with Crippen LogP contribution in [0.1, 0.15) is 54.2 Å². The van der Waals surface area contributed by atoms with Gasteiger partial charge in [-0.15, -0.1) is 0 Å². The minimum Gasteiger partial charge on any atom is -0.376 e. The van der Waals surface area contributed by atoms with Crippen LogP contribution in [0, 0.1) is 0 Å². The molecule has 2 aromatic rings. The molecule has 0 spiro atoms. The maximum atomic E-state index is 13.1. The van der Waals surface area contributed by atoms with Gasteiger partial charge in [-0.1, -0.05) is 13.8 Å². The van der Waals surface area contributed by atoms with Gasteiger partial charge in [-0.25, -0.2) is 0 Å². The molecule has 0 saturated carbocycles. The highest BCUT2D eigenvalue weighted by Crippen LogP contribution is 2.38. The second-order valence-electron chi connectivity index (χ2n) is 8.59. The van der Waals surface area contributed by atoms with E-state index in [1.807, 2.05) is 13.8 Å². The summed E-state index contributed by atoms with van der Waals surface area (Å²) < 4.78 is 157. The Morgan fingerprint density at radius 1 is 0.643 bits per heavy atom. The number of hydrogen-bond donors (Lipinski definition) is 0. The highest BCUT2D eigenvalue weighted by Gasteiger charge is 2.38. The molecule has 0 aromatic heterocycles. The maximum absolute atomic E-state index is 13.1. The summed E-state index contributed by atoms with van der Waals surface area (Å²) in [5.41, 5.74) is -8.00. The van der Waals surface area contributed by atoms with Crippen molar-refractivity contribution in [3.05, 3.63) is 81.6 Å². The quantitative estimate of drug-likeness (QED) is 0.177. The van der Waals surface area contributed by atoms with Gasteiger partial charge in [0.05, 0.1) is 28.8 Å². The van der Waals surface area contributed by atoms with Gasteiger partial charge in [-0.2, -0.15) is 52.7 Å². The predicted molar refractivity (Wildman–Crippen MR) is 126 cm³/mol. The third-order valence-electron chi connectivity index (χ3n) is 5.22. The van der Waals surface area contributed by atoms with Gasteiger partial charge < -0.3 is 4.90 Å². The molecule has 234 valence electrons. The van der Waals surface area contributed by atoms with Crippen molar-refractivity contribution in [2.24, 2.45) is 0 Å². The molecule has 2 rings (SSSR count). The summed E-state index contributed by atoms with van der Waals surface area (Å²) in [6.07, 6.45) is -19.8. The average Bonchev–Trinajstić information content (AvgIpc) is 2.85. The van der Waals surface area contributed by atoms with Crippen molar-refractivity contribution in [3.8, 4) is 0 Å². The van der Waals surface area contributed by atoms with Crippen LogP contribution in [0.4, 0.5) is 52.7 Å². The van der Waals surface area contributed by atoms with E-state index in [2.05, 4.69) is 0 Å². The predicted octanol–water partition coefficient (Wildman–Crippen LogP) is 8.31. The SMILES string of the molecule is C/C(=C/N(C)Cc1cc(C(F)(F)F)cc(C(F)(F)F)c1)C(=O)N(C=O)Cc1cc(C(F)(F)F)cc(C(F)(F)F)c1.CC. The Morgan fingerprint density at radius 3 is 1.24 bits per heavy atom. The van der Waals surface area contributed by atoms with Crippen LogP contribution in [0.25, 0.3) is 0 Å². The van der Waals surface area contributed by atoms with Crippen molar-refractivity contribution in [1.82, 2.24) is 9.80 Å². The van der Waals surface area contributed by atoms with Crippen LogP contribution < -0.4 is 0 Å². The Hall–Kier alpha value is -3.72. The molecule has 0 radical (unpaired) electrons. The van der Waals surface area contributed by atoms with Crippen LogP contribution in [0.15, 0.2) is 48.2 Å². The first-order valence-corrected chi connectivity index (χ1v) is 11.7. The highest BCUT2D eigenvalue weighted by molar-refractivity contribution is 5.98. The average molecular weight is 624 g/mol. The molecule has 0 saturated heterocycles. The van der Waals surface area contributed by atoms with E-state index < -0.39 is 77.1 Å². The summed E-state index contributed by atoms with van der Waals surface area (Å²) in [6, 6.07) is 1.33. The fraction of sp³-hybridized carbons (Fsp3) is 0.385. The molecule has 42 heavy (non-hydrogen) atoms. The maximum Gasteiger partial charge on any atom is 0.416 e. The van der Waals surface area contributed by atoms with E-state index in [9.17, 15) is 62.3 Å². The van der Waals surface area contributed by atoms with Crippen LogP contribution in [0.3, 0.4) is 0 Å². The molecule has 0 aliphatic carbocycles. The minimum absolute atomic E-state index is 0.0753. The van der Waals surface area contributed by atoms with E-state index in [0.29, 0.717) is 24.3 Å². The van der Waals surface area contributed by atoms with Gasteiger partial charge >= 0.3 is 24.7 Å². The van der Waals surface area contributed by atoms with Crippen LogP contribution in [0.5, 0.6) is 0 Å². The number of amides is 2. The topological polar surface area (TPSA) is 40.6 Å². The van der Waals surface area contributed by atoms with Crippen molar-refractivity contribution < 1.29 is 62.3 Å². The van der Waals surface area contributed by atoms with E-state index in [-0.39, 0.29) is 29.0 Å². The number of carbonyl (C=O) groups excluding carboxylic acids is 2. The zero-order chi connectivity index (χ0) is 32.8. The second kappa shape index (κ2) is 13.5. The van der Waals surface area contributed by atoms with Gasteiger partial charge in [0.15, 0.2) is 0 Å². The lowest BCUT2D eigenvalue weighted by atomic mass is 10.0. The minimum atomic E-state index is -5.18. The van der Waals surface area contributed by atoms with Gasteiger partial charge in [0.25, 0.3) is 5.91 Å². The monoisotopic (exact) mass is 624 g/mol. The molecule has 0 fully saturated rings. The lowest BCUT2D eigenvalue weighted by Gasteiger charge is -2.21. The van der Waals surface area contributed by atoms with Crippen LogP contribution in [0.2, 0.25) is 0 Å². The molecule has 2 aromatic carbocycles. The third-order valence-corrected chi connectivity index (χ3v) is 5.22. The number of rotatable bonds is 7. The molecular formula is C26H24F12N2O2. The summed E-state index contributed by atoms with van der Waals surface area (Å²) >= 11 is 0. The van der Waals surface area contributed by atoms with E-state index in [4.69, 9.17) is 0 Å². The molecule has 16 heteroatoms. The largest absolute Gasteiger partial charge is 0.416 e. The second-order valence-corrected chi connectivity index (χ2v) is 8.59. The normalized spacial score (nSPS) is 12.8. The van der Waals surface area contributed by atoms with Gasteiger partial charge in [0.2, 0.25) is 6.41 Å². The molecule has 0 N–H and O–H groups in total. The number of hydrogen-bond acceptors (Lipinski definition) is 3. The fourth-order valence-electron chi connectivity index (χ4n) is 3.52. The summed E-state index contributed by atoms with van der Waals surface area (Å²) in [7, 11) is 1.16. The summed E-state index contributed by atoms with van der Waals surface area (Å²) in [4.78, 5) is 25.4. The number of nitrogens with zero attached hydrogens (tertiary/aromatic N) is 2. The lowest BCUT2D eigenvalue weighted by Crippen LogP contribution is -2.31. The molecule has 0 heterocycles. The van der Waals surface area contributed by atoms with Gasteiger partial charge in [0, 0.05) is 25.4 Å². The first kappa shape index (κ1) is 36.3. The molecule has 0 unspecified atom stereocenters. The Balaban J connectivity index is 0.00000431. The number of benzene rings is 2. The Bertz CT molecular complexity index is 1210. The molecule has 0 atom stereocenters. The number of halogens is 12. The summed E-state index contributed by atoms with van der Waals surface area (Å²) in [5.74, 6) is -1.20. The Kier molecular flexibility index (Phi) is 11.7. The van der Waals surface area contributed by atoms with Crippen LogP contribution in [-0.2, 0) is 47.4 Å². The fourth-order valence-corrected chi connectivity index (χ4v) is 3.52. The molecule has 2 amide bonds. The third kappa shape index (κ3) is 10.3. The summed E-state index contributed by atoms with van der Waals surface area (Å²) in [6.45, 7) is 3.48. The van der Waals surface area contributed by atoms with Gasteiger partial charge in [-0.3, -0.25) is 14.5 Å². The van der Waals surface area contributed by atoms with Crippen molar-refractivity contribution in [3.63, 3.8) is 0 Å². The van der Waals surface area contributed by atoms with Crippen molar-refractivity contribution in [2.75, 3.05) is 7.05 Å². The number of imide groups is 1. The molecule has 4 nitrogen and oxygen atoms in total. The highest BCUT2D eigenvalue weighted by atomic mass is 19.4. The lowest BCUT2D eigenvalue weighted by molar-refractivity contribution is -0.144. The van der Waals surface area contributed by atoms with Crippen LogP contribution in [-0.4, -0.2) is 29.2 Å². The zero-order valence-corrected chi connectivity index (χ0v) is 22.3. The Labute approximate surface area is 232 Å². The van der Waals surface area contributed by atoms with E-state index in [1.165, 1.54) is 0 Å². The summed E-state index contributed by atoms with van der Waals surface area (Å²) in [5, 5.41) is 0. The van der Waals surface area contributed by atoms with E-state index >= 15 is 0 Å². The smallest absolute Gasteiger partial charge is 0.376 e. The number of alkyl halides is 12. The number of carbonyl (C=O) groups is 2.